The molecule has 0 spiro atoms. The summed E-state index contributed by atoms with van der Waals surface area (Å²) < 4.78 is 9.85. The van der Waals surface area contributed by atoms with Crippen LogP contribution in [0.2, 0.25) is 0 Å². The van der Waals surface area contributed by atoms with Crippen LogP contribution in [0.25, 0.3) is 33.3 Å². The number of aromatic nitrogens is 6. The lowest BCUT2D eigenvalue weighted by Crippen LogP contribution is -2.45. The van der Waals surface area contributed by atoms with Crippen molar-refractivity contribution in [1.82, 2.24) is 34.2 Å². The zero-order chi connectivity index (χ0) is 26.3. The summed E-state index contributed by atoms with van der Waals surface area (Å²) in [6, 6.07) is 17.7. The van der Waals surface area contributed by atoms with Crippen LogP contribution < -0.4 is 5.73 Å². The maximum Gasteiger partial charge on any atom is 0.164 e. The molecule has 0 bridgehead atoms. The fourth-order valence-electron chi connectivity index (χ4n) is 6.40. The summed E-state index contributed by atoms with van der Waals surface area (Å²) in [5.74, 6) is 1.50. The third kappa shape index (κ3) is 4.45. The number of nitrogen functional groups attached to an aromatic ring is 1. The highest BCUT2D eigenvalue weighted by Crippen LogP contribution is 2.37. The Kier molecular flexibility index (Phi) is 6.25. The molecule has 2 aliphatic rings. The Bertz CT molecular complexity index is 1610. The summed E-state index contributed by atoms with van der Waals surface area (Å²) >= 11 is 0. The average molecular weight is 523 g/mol. The first kappa shape index (κ1) is 24.2. The van der Waals surface area contributed by atoms with Crippen molar-refractivity contribution in [2.75, 3.05) is 32.0 Å². The highest BCUT2D eigenvalue weighted by atomic mass is 16.5. The molecule has 1 aliphatic heterocycles. The van der Waals surface area contributed by atoms with E-state index in [9.17, 15) is 0 Å². The van der Waals surface area contributed by atoms with Crippen LogP contribution >= 0.6 is 0 Å². The van der Waals surface area contributed by atoms with E-state index in [0.717, 1.165) is 97.6 Å². The molecule has 1 saturated heterocycles. The molecule has 2 aromatic carbocycles. The fraction of sp³-hybridized carbons (Fsp3) is 0.400. The Hall–Kier alpha value is -3.82. The average Bonchev–Trinajstić information content (AvgIpc) is 3.52. The monoisotopic (exact) mass is 522 g/mol. The minimum atomic E-state index is 0.295. The molecule has 4 heterocycles. The summed E-state index contributed by atoms with van der Waals surface area (Å²) in [6.07, 6.45) is 6.80. The summed E-state index contributed by atoms with van der Waals surface area (Å²) in [6.45, 7) is 3.77. The molecule has 0 radical (unpaired) electrons. The molecule has 2 fully saturated rings. The molecule has 5 aromatic rings. The zero-order valence-corrected chi connectivity index (χ0v) is 22.3. The number of benzene rings is 2. The quantitative estimate of drug-likeness (QED) is 0.366. The van der Waals surface area contributed by atoms with E-state index in [4.69, 9.17) is 20.6 Å². The van der Waals surface area contributed by atoms with Gasteiger partial charge in [0.1, 0.15) is 23.7 Å². The number of morpholine rings is 1. The molecule has 0 atom stereocenters. The van der Waals surface area contributed by atoms with Gasteiger partial charge in [-0.25, -0.2) is 19.6 Å². The van der Waals surface area contributed by atoms with Crippen LogP contribution in [0, 0.1) is 0 Å². The van der Waals surface area contributed by atoms with E-state index in [2.05, 4.69) is 73.6 Å². The van der Waals surface area contributed by atoms with Gasteiger partial charge in [-0.15, -0.1) is 0 Å². The molecular weight excluding hydrogens is 488 g/mol. The third-order valence-corrected chi connectivity index (χ3v) is 8.54. The van der Waals surface area contributed by atoms with Gasteiger partial charge in [-0.05, 0) is 43.4 Å². The van der Waals surface area contributed by atoms with Gasteiger partial charge in [0.15, 0.2) is 5.65 Å². The van der Waals surface area contributed by atoms with Gasteiger partial charge in [-0.2, -0.15) is 5.10 Å². The highest BCUT2D eigenvalue weighted by Gasteiger charge is 2.30. The molecule has 7 rings (SSSR count). The van der Waals surface area contributed by atoms with Crippen LogP contribution in [-0.4, -0.2) is 66.5 Å². The molecule has 3 aromatic heterocycles. The summed E-state index contributed by atoms with van der Waals surface area (Å²) in [7, 11) is 2.08. The molecular formula is C30H34N8O. The number of aryl methyl sites for hydroxylation is 1. The number of hydrogen-bond donors (Lipinski definition) is 1. The summed E-state index contributed by atoms with van der Waals surface area (Å²) in [5.41, 5.74) is 12.4. The normalized spacial score (nSPS) is 20.6. The summed E-state index contributed by atoms with van der Waals surface area (Å²) in [4.78, 5) is 16.6. The Labute approximate surface area is 227 Å². The van der Waals surface area contributed by atoms with Gasteiger partial charge in [0.05, 0.1) is 35.7 Å². The van der Waals surface area contributed by atoms with Gasteiger partial charge >= 0.3 is 0 Å². The lowest BCUT2D eigenvalue weighted by atomic mass is 9.90. The van der Waals surface area contributed by atoms with Crippen LogP contribution in [0.1, 0.15) is 43.1 Å². The van der Waals surface area contributed by atoms with Crippen molar-refractivity contribution in [2.24, 2.45) is 7.05 Å². The third-order valence-electron chi connectivity index (χ3n) is 8.54. The number of imidazole rings is 1. The van der Waals surface area contributed by atoms with E-state index in [-0.39, 0.29) is 0 Å². The summed E-state index contributed by atoms with van der Waals surface area (Å²) in [5, 5.41) is 5.98. The molecule has 9 nitrogen and oxygen atoms in total. The molecule has 200 valence electrons. The second-order valence-corrected chi connectivity index (χ2v) is 10.8. The van der Waals surface area contributed by atoms with Gasteiger partial charge in [0, 0.05) is 38.2 Å². The van der Waals surface area contributed by atoms with Gasteiger partial charge in [0.25, 0.3) is 0 Å². The molecule has 0 unspecified atom stereocenters. The van der Waals surface area contributed by atoms with Crippen LogP contribution in [-0.2, 0) is 18.2 Å². The second-order valence-electron chi connectivity index (χ2n) is 10.8. The molecule has 39 heavy (non-hydrogen) atoms. The van der Waals surface area contributed by atoms with Crippen LogP contribution in [0.4, 0.5) is 5.82 Å². The predicted molar refractivity (Wildman–Crippen MR) is 152 cm³/mol. The van der Waals surface area contributed by atoms with Crippen molar-refractivity contribution in [2.45, 2.75) is 44.2 Å². The predicted octanol–water partition coefficient (Wildman–Crippen LogP) is 4.37. The van der Waals surface area contributed by atoms with Crippen molar-refractivity contribution in [1.29, 1.82) is 0 Å². The van der Waals surface area contributed by atoms with Crippen molar-refractivity contribution >= 4 is 27.9 Å². The lowest BCUT2D eigenvalue weighted by molar-refractivity contribution is 0.00520. The number of anilines is 1. The Morgan fingerprint density at radius 1 is 0.949 bits per heavy atom. The second kappa shape index (κ2) is 10.1. The van der Waals surface area contributed by atoms with Crippen molar-refractivity contribution in [3.8, 4) is 11.3 Å². The molecule has 0 amide bonds. The minimum absolute atomic E-state index is 0.295. The van der Waals surface area contributed by atoms with Crippen LogP contribution in [0.15, 0.2) is 54.9 Å². The van der Waals surface area contributed by atoms with Crippen molar-refractivity contribution < 1.29 is 4.74 Å². The number of ether oxygens (including phenoxy) is 1. The van der Waals surface area contributed by atoms with Crippen molar-refractivity contribution in [3.05, 3.63) is 66.2 Å². The number of nitrogens with two attached hydrogens (primary N) is 1. The Balaban J connectivity index is 1.21. The molecule has 1 aliphatic carbocycles. The van der Waals surface area contributed by atoms with E-state index in [1.165, 1.54) is 5.56 Å². The lowest BCUT2D eigenvalue weighted by Gasteiger charge is -2.38. The Morgan fingerprint density at radius 2 is 1.72 bits per heavy atom. The molecule has 9 heteroatoms. The van der Waals surface area contributed by atoms with Crippen molar-refractivity contribution in [3.63, 3.8) is 0 Å². The van der Waals surface area contributed by atoms with Crippen LogP contribution in [0.3, 0.4) is 0 Å². The Morgan fingerprint density at radius 3 is 2.51 bits per heavy atom. The SMILES string of the molecule is Cn1c(Cc2ccccc2)nc2cc(-c3nn([C@H]4CC[C@H](N5CCOCC5)CC4)c4ncnc(N)c34)ccc21. The number of fused-ring (bicyclic) bond motifs is 2. The molecule has 2 N–H and O–H groups in total. The standard InChI is InChI=1S/C30H34N8O/c1-36-25-12-7-21(18-24(25)34-26(36)17-20-5-3-2-4-6-20)28-27-29(31)32-19-33-30(27)38(35-28)23-10-8-22(9-11-23)37-13-15-39-16-14-37/h2-7,12,18-19,22-23H,8-11,13-17H2,1H3,(H2,31,32,33)/t22-,23-. The van der Waals surface area contributed by atoms with E-state index in [1.807, 2.05) is 6.07 Å². The van der Waals surface area contributed by atoms with E-state index in [0.29, 0.717) is 17.9 Å². The van der Waals surface area contributed by atoms with Gasteiger partial charge in [0.2, 0.25) is 0 Å². The highest BCUT2D eigenvalue weighted by molar-refractivity contribution is 5.99. The van der Waals surface area contributed by atoms with Gasteiger partial charge < -0.3 is 15.0 Å². The van der Waals surface area contributed by atoms with E-state index < -0.39 is 0 Å². The molecule has 1 saturated carbocycles. The topological polar surface area (TPSA) is 99.9 Å². The van der Waals surface area contributed by atoms with E-state index in [1.54, 1.807) is 6.33 Å². The smallest absolute Gasteiger partial charge is 0.164 e. The largest absolute Gasteiger partial charge is 0.383 e. The maximum absolute atomic E-state index is 6.44. The number of hydrogen-bond acceptors (Lipinski definition) is 7. The van der Waals surface area contributed by atoms with Crippen LogP contribution in [0.5, 0.6) is 0 Å². The number of nitrogens with zero attached hydrogens (tertiary/aromatic N) is 7. The number of rotatable bonds is 5. The first-order valence-corrected chi connectivity index (χ1v) is 14.0. The first-order chi connectivity index (χ1) is 19.2. The maximum atomic E-state index is 6.44. The first-order valence-electron chi connectivity index (χ1n) is 14.0. The van der Waals surface area contributed by atoms with Gasteiger partial charge in [-0.3, -0.25) is 4.90 Å². The van der Waals surface area contributed by atoms with Gasteiger partial charge in [-0.1, -0.05) is 36.4 Å². The zero-order valence-electron chi connectivity index (χ0n) is 22.3. The van der Waals surface area contributed by atoms with E-state index >= 15 is 0 Å². The fourth-order valence-corrected chi connectivity index (χ4v) is 6.40. The minimum Gasteiger partial charge on any atom is -0.383 e.